The highest BCUT2D eigenvalue weighted by atomic mass is 35.5. The monoisotopic (exact) mass is 264 g/mol. The van der Waals surface area contributed by atoms with Crippen LogP contribution in [0.2, 0.25) is 5.15 Å². The lowest BCUT2D eigenvalue weighted by atomic mass is 10.0. The van der Waals surface area contributed by atoms with E-state index >= 15 is 0 Å². The largest absolute Gasteiger partial charge is 0.398 e. The Hall–Kier alpha value is -1.94. The molecule has 5 heteroatoms. The van der Waals surface area contributed by atoms with E-state index in [1.807, 2.05) is 0 Å². The fourth-order valence-electron chi connectivity index (χ4n) is 1.60. The van der Waals surface area contributed by atoms with E-state index in [-0.39, 0.29) is 28.7 Å². The van der Waals surface area contributed by atoms with Gasteiger partial charge in [-0.3, -0.25) is 4.79 Å². The molecule has 2 N–H and O–H groups in total. The number of rotatable bonds is 3. The molecule has 0 aliphatic carbocycles. The molecule has 0 saturated carbocycles. The summed E-state index contributed by atoms with van der Waals surface area (Å²) in [6, 6.07) is 7.22. The van der Waals surface area contributed by atoms with E-state index < -0.39 is 0 Å². The first-order valence-corrected chi connectivity index (χ1v) is 5.63. The number of hydrogen-bond acceptors (Lipinski definition) is 3. The second-order valence-corrected chi connectivity index (χ2v) is 4.15. The molecule has 2 rings (SSSR count). The van der Waals surface area contributed by atoms with Crippen LogP contribution in [0.3, 0.4) is 0 Å². The van der Waals surface area contributed by atoms with Gasteiger partial charge in [-0.15, -0.1) is 0 Å². The second kappa shape index (κ2) is 5.14. The molecule has 1 aromatic carbocycles. The summed E-state index contributed by atoms with van der Waals surface area (Å²) < 4.78 is 12.7. The van der Waals surface area contributed by atoms with Crippen LogP contribution in [0.1, 0.15) is 15.9 Å². The minimum absolute atomic E-state index is 0.0853. The van der Waals surface area contributed by atoms with Crippen LogP contribution >= 0.6 is 11.6 Å². The summed E-state index contributed by atoms with van der Waals surface area (Å²) in [5.74, 6) is -0.581. The molecule has 1 heterocycles. The zero-order chi connectivity index (χ0) is 13.1. The Balaban J connectivity index is 2.25. The molecule has 1 aromatic heterocycles. The lowest BCUT2D eigenvalue weighted by Crippen LogP contribution is -2.08. The van der Waals surface area contributed by atoms with Crippen LogP contribution in [0.25, 0.3) is 0 Å². The molecule has 0 radical (unpaired) electrons. The van der Waals surface area contributed by atoms with Gasteiger partial charge in [0.05, 0.1) is 5.56 Å². The fourth-order valence-corrected chi connectivity index (χ4v) is 1.87. The molecule has 0 saturated heterocycles. The summed E-state index contributed by atoms with van der Waals surface area (Å²) in [7, 11) is 0. The molecule has 0 fully saturated rings. The van der Waals surface area contributed by atoms with Gasteiger partial charge in [0.15, 0.2) is 5.78 Å². The van der Waals surface area contributed by atoms with Crippen LogP contribution in [-0.2, 0) is 6.42 Å². The van der Waals surface area contributed by atoms with Gasteiger partial charge in [-0.2, -0.15) is 0 Å². The predicted molar refractivity (Wildman–Crippen MR) is 68.1 cm³/mol. The number of nitrogens with two attached hydrogens (primary N) is 1. The third kappa shape index (κ3) is 2.65. The Labute approximate surface area is 108 Å². The highest BCUT2D eigenvalue weighted by Crippen LogP contribution is 2.21. The van der Waals surface area contributed by atoms with E-state index in [4.69, 9.17) is 17.3 Å². The van der Waals surface area contributed by atoms with E-state index in [9.17, 15) is 9.18 Å². The Bertz CT molecular complexity index is 564. The highest BCUT2D eigenvalue weighted by Gasteiger charge is 2.15. The quantitative estimate of drug-likeness (QED) is 0.685. The molecule has 92 valence electrons. The zero-order valence-corrected chi connectivity index (χ0v) is 10.1. The number of ketones is 1. The summed E-state index contributed by atoms with van der Waals surface area (Å²) in [6.45, 7) is 0. The number of aromatic nitrogens is 1. The Morgan fingerprint density at radius 2 is 1.94 bits per heavy atom. The summed E-state index contributed by atoms with van der Waals surface area (Å²) in [4.78, 5) is 15.9. The van der Waals surface area contributed by atoms with Gasteiger partial charge < -0.3 is 5.73 Å². The maximum Gasteiger partial charge on any atom is 0.172 e. The lowest BCUT2D eigenvalue weighted by Gasteiger charge is -2.06. The van der Waals surface area contributed by atoms with Crippen LogP contribution in [0.15, 0.2) is 36.5 Å². The summed E-state index contributed by atoms with van der Waals surface area (Å²) in [5.41, 5.74) is 6.90. The maximum absolute atomic E-state index is 12.7. The van der Waals surface area contributed by atoms with E-state index in [0.717, 1.165) is 0 Å². The van der Waals surface area contributed by atoms with Gasteiger partial charge in [0.1, 0.15) is 11.0 Å². The van der Waals surface area contributed by atoms with Crippen molar-refractivity contribution < 1.29 is 9.18 Å². The highest BCUT2D eigenvalue weighted by molar-refractivity contribution is 6.33. The van der Waals surface area contributed by atoms with E-state index in [1.165, 1.54) is 24.4 Å². The van der Waals surface area contributed by atoms with Crippen LogP contribution in [0, 0.1) is 5.82 Å². The van der Waals surface area contributed by atoms with Crippen molar-refractivity contribution in [3.8, 4) is 0 Å². The molecule has 0 aliphatic rings. The number of pyridine rings is 1. The predicted octanol–water partition coefficient (Wildman–Crippen LogP) is 2.88. The summed E-state index contributed by atoms with van der Waals surface area (Å²) in [5, 5.41) is 0.0853. The number of Topliss-reactive ketones (excluding diaryl/α,β-unsaturated/α-hetero) is 1. The molecular weight excluding hydrogens is 255 g/mol. The fraction of sp³-hybridized carbons (Fsp3) is 0.0769. The van der Waals surface area contributed by atoms with Crippen LogP contribution in [0.4, 0.5) is 10.1 Å². The number of hydrogen-bond donors (Lipinski definition) is 1. The number of carbonyl (C=O) groups excluding carboxylic acids is 1. The number of benzene rings is 1. The number of anilines is 1. The van der Waals surface area contributed by atoms with Crippen LogP contribution < -0.4 is 5.73 Å². The van der Waals surface area contributed by atoms with Gasteiger partial charge in [0.25, 0.3) is 0 Å². The average molecular weight is 265 g/mol. The number of nitrogen functional groups attached to an aromatic ring is 1. The molecule has 0 atom stereocenters. The normalized spacial score (nSPS) is 10.3. The van der Waals surface area contributed by atoms with Crippen molar-refractivity contribution in [2.75, 3.05) is 5.73 Å². The molecule has 2 aromatic rings. The van der Waals surface area contributed by atoms with Crippen molar-refractivity contribution in [2.45, 2.75) is 6.42 Å². The Morgan fingerprint density at radius 3 is 2.56 bits per heavy atom. The van der Waals surface area contributed by atoms with Crippen molar-refractivity contribution in [3.05, 3.63) is 58.6 Å². The van der Waals surface area contributed by atoms with Crippen LogP contribution in [-0.4, -0.2) is 10.8 Å². The van der Waals surface area contributed by atoms with Gasteiger partial charge >= 0.3 is 0 Å². The minimum atomic E-state index is -0.342. The molecule has 0 spiro atoms. The van der Waals surface area contributed by atoms with Crippen molar-refractivity contribution in [1.82, 2.24) is 4.98 Å². The third-order valence-corrected chi connectivity index (χ3v) is 2.78. The van der Waals surface area contributed by atoms with Crippen LogP contribution in [0.5, 0.6) is 0 Å². The molecule has 18 heavy (non-hydrogen) atoms. The molecule has 0 unspecified atom stereocenters. The number of carbonyl (C=O) groups is 1. The topological polar surface area (TPSA) is 56.0 Å². The molecular formula is C13H10ClFN2O. The molecule has 0 bridgehead atoms. The smallest absolute Gasteiger partial charge is 0.172 e. The van der Waals surface area contributed by atoms with Gasteiger partial charge in [0.2, 0.25) is 0 Å². The van der Waals surface area contributed by atoms with Crippen molar-refractivity contribution in [1.29, 1.82) is 0 Å². The lowest BCUT2D eigenvalue weighted by molar-refractivity contribution is 0.0993. The van der Waals surface area contributed by atoms with Crippen molar-refractivity contribution in [2.24, 2.45) is 0 Å². The first-order chi connectivity index (χ1) is 8.58. The standard InChI is InChI=1S/C13H10ClFN2O/c14-13-12(10(16)5-6-17-13)11(18)7-8-1-3-9(15)4-2-8/h1-6H,7H2,(H2,16,17). The van der Waals surface area contributed by atoms with Gasteiger partial charge in [-0.05, 0) is 23.8 Å². The second-order valence-electron chi connectivity index (χ2n) is 3.79. The van der Waals surface area contributed by atoms with E-state index in [0.29, 0.717) is 11.3 Å². The van der Waals surface area contributed by atoms with E-state index in [2.05, 4.69) is 4.98 Å². The van der Waals surface area contributed by atoms with Crippen molar-refractivity contribution in [3.63, 3.8) is 0 Å². The number of halogens is 2. The van der Waals surface area contributed by atoms with Gasteiger partial charge in [-0.25, -0.2) is 9.37 Å². The first kappa shape index (κ1) is 12.5. The van der Waals surface area contributed by atoms with Gasteiger partial charge in [0, 0.05) is 18.3 Å². The SMILES string of the molecule is Nc1ccnc(Cl)c1C(=O)Cc1ccc(F)cc1. The van der Waals surface area contributed by atoms with Gasteiger partial charge in [-0.1, -0.05) is 23.7 Å². The molecule has 3 nitrogen and oxygen atoms in total. The number of nitrogens with zero attached hydrogens (tertiary/aromatic N) is 1. The molecule has 0 aliphatic heterocycles. The Kier molecular flexibility index (Phi) is 3.58. The summed E-state index contributed by atoms with van der Waals surface area (Å²) in [6.07, 6.45) is 1.54. The third-order valence-electron chi connectivity index (χ3n) is 2.49. The van der Waals surface area contributed by atoms with E-state index in [1.54, 1.807) is 12.1 Å². The Morgan fingerprint density at radius 1 is 1.28 bits per heavy atom. The zero-order valence-electron chi connectivity index (χ0n) is 9.36. The molecule has 0 amide bonds. The summed E-state index contributed by atoms with van der Waals surface area (Å²) >= 11 is 5.84. The minimum Gasteiger partial charge on any atom is -0.398 e. The van der Waals surface area contributed by atoms with Crippen molar-refractivity contribution >= 4 is 23.1 Å². The first-order valence-electron chi connectivity index (χ1n) is 5.25. The average Bonchev–Trinajstić information content (AvgIpc) is 2.32. The maximum atomic E-state index is 12.7.